The number of morpholine rings is 1. The lowest BCUT2D eigenvalue weighted by molar-refractivity contribution is 0.0669. The molecule has 210 valence electrons. The standard InChI is InChI=1S/C31H28FN9O/c32-25-5-1-3-23(15-25)19-41-29-9-7-26(17-24(29)18-38-41)39-30-27-16-22(6-8-28(27)36-21-37-30)4-2-10-34-31(35-20-33)40-11-13-42-14-12-40/h1,3,6-9,15-18,21,25H,5,10-14,19H2,(H,34,35)(H,36,37,39). The van der Waals surface area contributed by atoms with Gasteiger partial charge in [0.2, 0.25) is 5.96 Å². The molecule has 2 aromatic heterocycles. The number of hydrogen-bond acceptors (Lipinski definition) is 7. The summed E-state index contributed by atoms with van der Waals surface area (Å²) in [7, 11) is 0. The van der Waals surface area contributed by atoms with Crippen molar-refractivity contribution in [3.05, 3.63) is 78.3 Å². The van der Waals surface area contributed by atoms with Crippen molar-refractivity contribution in [3.8, 4) is 18.0 Å². The molecule has 0 spiro atoms. The average molecular weight is 562 g/mol. The third-order valence-electron chi connectivity index (χ3n) is 6.98. The number of anilines is 2. The van der Waals surface area contributed by atoms with Crippen LogP contribution in [0, 0.1) is 23.3 Å². The number of benzene rings is 2. The lowest BCUT2D eigenvalue weighted by atomic mass is 10.1. The number of alkyl halides is 1. The van der Waals surface area contributed by atoms with Gasteiger partial charge in [-0.25, -0.2) is 19.4 Å². The molecule has 0 saturated carbocycles. The number of allylic oxidation sites excluding steroid dienone is 4. The molecular formula is C31H28FN9O. The van der Waals surface area contributed by atoms with Crippen LogP contribution in [0.2, 0.25) is 0 Å². The van der Waals surface area contributed by atoms with Crippen LogP contribution in [0.15, 0.2) is 77.7 Å². The quantitative estimate of drug-likeness (QED) is 0.123. The van der Waals surface area contributed by atoms with Gasteiger partial charge in [0, 0.05) is 41.5 Å². The second-order valence-corrected chi connectivity index (χ2v) is 9.83. The summed E-state index contributed by atoms with van der Waals surface area (Å²) in [4.78, 5) is 15.3. The fraction of sp³-hybridized carbons (Fsp3) is 0.258. The highest BCUT2D eigenvalue weighted by atomic mass is 19.1. The van der Waals surface area contributed by atoms with Gasteiger partial charge in [0.05, 0.1) is 37.0 Å². The number of nitrogens with zero attached hydrogens (tertiary/aromatic N) is 7. The topological polar surface area (TPSA) is 116 Å². The predicted molar refractivity (Wildman–Crippen MR) is 160 cm³/mol. The van der Waals surface area contributed by atoms with Crippen molar-refractivity contribution in [1.29, 1.82) is 5.26 Å². The molecule has 42 heavy (non-hydrogen) atoms. The molecule has 1 aliphatic heterocycles. The number of rotatable bonds is 5. The first-order chi connectivity index (χ1) is 20.7. The summed E-state index contributed by atoms with van der Waals surface area (Å²) in [5.74, 6) is 7.39. The Morgan fingerprint density at radius 1 is 1.17 bits per heavy atom. The van der Waals surface area contributed by atoms with E-state index in [2.05, 4.69) is 42.5 Å². The Kier molecular flexibility index (Phi) is 8.02. The largest absolute Gasteiger partial charge is 0.378 e. The Morgan fingerprint density at radius 3 is 2.93 bits per heavy atom. The van der Waals surface area contributed by atoms with E-state index in [1.807, 2.05) is 70.5 Å². The third kappa shape index (κ3) is 6.22. The molecule has 4 aromatic rings. The summed E-state index contributed by atoms with van der Waals surface area (Å²) >= 11 is 0. The Balaban J connectivity index is 1.19. The van der Waals surface area contributed by atoms with E-state index in [0.717, 1.165) is 38.6 Å². The van der Waals surface area contributed by atoms with E-state index in [1.54, 1.807) is 6.08 Å². The van der Waals surface area contributed by atoms with Gasteiger partial charge in [0.15, 0.2) is 6.19 Å². The minimum Gasteiger partial charge on any atom is -0.378 e. The highest BCUT2D eigenvalue weighted by Crippen LogP contribution is 2.27. The van der Waals surface area contributed by atoms with E-state index < -0.39 is 6.17 Å². The maximum atomic E-state index is 13.8. The van der Waals surface area contributed by atoms with Crippen LogP contribution in [-0.4, -0.2) is 69.6 Å². The highest BCUT2D eigenvalue weighted by Gasteiger charge is 2.14. The Hall–Kier alpha value is -5.26. The summed E-state index contributed by atoms with van der Waals surface area (Å²) in [6.07, 6.45) is 10.2. The molecule has 1 fully saturated rings. The van der Waals surface area contributed by atoms with Gasteiger partial charge in [-0.05, 0) is 48.0 Å². The predicted octanol–water partition coefficient (Wildman–Crippen LogP) is 4.06. The monoisotopic (exact) mass is 561 g/mol. The normalized spacial score (nSPS) is 17.0. The summed E-state index contributed by atoms with van der Waals surface area (Å²) in [6.45, 7) is 3.31. The molecule has 10 nitrogen and oxygen atoms in total. The smallest absolute Gasteiger partial charge is 0.208 e. The first-order valence-electron chi connectivity index (χ1n) is 13.7. The molecule has 2 aromatic carbocycles. The maximum absolute atomic E-state index is 13.8. The molecular weight excluding hydrogens is 533 g/mol. The van der Waals surface area contributed by atoms with Gasteiger partial charge in [0.1, 0.15) is 24.9 Å². The van der Waals surface area contributed by atoms with E-state index in [1.165, 1.54) is 6.33 Å². The molecule has 0 bridgehead atoms. The van der Waals surface area contributed by atoms with E-state index in [4.69, 9.17) is 10.00 Å². The van der Waals surface area contributed by atoms with Gasteiger partial charge in [-0.2, -0.15) is 10.4 Å². The molecule has 1 aliphatic carbocycles. The minimum absolute atomic E-state index is 0.241. The molecule has 1 saturated heterocycles. The molecule has 11 heteroatoms. The number of nitriles is 1. The SMILES string of the molecule is N#CNC(=NCC#Cc1ccc2ncnc(Nc3ccc4c(cnn4CC4=CC(F)CC=C4)c3)c2c1)N1CCOCC1. The van der Waals surface area contributed by atoms with Gasteiger partial charge in [0.25, 0.3) is 0 Å². The number of aliphatic imine (C=N–C) groups is 1. The molecule has 1 unspecified atom stereocenters. The van der Waals surface area contributed by atoms with Gasteiger partial charge in [-0.15, -0.1) is 0 Å². The number of halogens is 1. The van der Waals surface area contributed by atoms with E-state index in [-0.39, 0.29) is 6.54 Å². The zero-order valence-electron chi connectivity index (χ0n) is 22.8. The number of nitrogens with one attached hydrogen (secondary N) is 2. The van der Waals surface area contributed by atoms with Crippen molar-refractivity contribution >= 4 is 39.3 Å². The van der Waals surface area contributed by atoms with Crippen LogP contribution in [0.25, 0.3) is 21.8 Å². The van der Waals surface area contributed by atoms with Crippen molar-refractivity contribution in [2.45, 2.75) is 19.1 Å². The van der Waals surface area contributed by atoms with E-state index >= 15 is 0 Å². The second-order valence-electron chi connectivity index (χ2n) is 9.83. The van der Waals surface area contributed by atoms with Gasteiger partial charge >= 0.3 is 0 Å². The molecule has 3 heterocycles. The summed E-state index contributed by atoms with van der Waals surface area (Å²) in [5.41, 5.74) is 4.32. The minimum atomic E-state index is -0.940. The van der Waals surface area contributed by atoms with Crippen LogP contribution < -0.4 is 10.6 Å². The lowest BCUT2D eigenvalue weighted by Crippen LogP contribution is -2.46. The van der Waals surface area contributed by atoms with Crippen LogP contribution in [0.5, 0.6) is 0 Å². The Labute approximate surface area is 242 Å². The lowest BCUT2D eigenvalue weighted by Gasteiger charge is -2.28. The zero-order valence-corrected chi connectivity index (χ0v) is 22.8. The summed E-state index contributed by atoms with van der Waals surface area (Å²) in [6, 6.07) is 11.8. The van der Waals surface area contributed by atoms with Gasteiger partial charge in [-0.3, -0.25) is 10.00 Å². The fourth-order valence-electron chi connectivity index (χ4n) is 4.94. The second kappa shape index (κ2) is 12.5. The van der Waals surface area contributed by atoms with Gasteiger partial charge < -0.3 is 15.0 Å². The Bertz CT molecular complexity index is 1800. The highest BCUT2D eigenvalue weighted by molar-refractivity contribution is 5.92. The van der Waals surface area contributed by atoms with Crippen LogP contribution in [0.3, 0.4) is 0 Å². The Morgan fingerprint density at radius 2 is 2.07 bits per heavy atom. The molecule has 6 rings (SSSR count). The van der Waals surface area contributed by atoms with E-state index in [0.29, 0.717) is 51.0 Å². The summed E-state index contributed by atoms with van der Waals surface area (Å²) in [5, 5.41) is 21.5. The first kappa shape index (κ1) is 26.9. The van der Waals surface area contributed by atoms with Crippen molar-refractivity contribution in [3.63, 3.8) is 0 Å². The molecule has 0 radical (unpaired) electrons. The van der Waals surface area contributed by atoms with Crippen LogP contribution in [-0.2, 0) is 11.3 Å². The molecule has 0 amide bonds. The molecule has 2 N–H and O–H groups in total. The van der Waals surface area contributed by atoms with Crippen molar-refractivity contribution < 1.29 is 9.13 Å². The van der Waals surface area contributed by atoms with Crippen molar-refractivity contribution in [2.24, 2.45) is 4.99 Å². The first-order valence-corrected chi connectivity index (χ1v) is 13.7. The number of hydrogen-bond donors (Lipinski definition) is 2. The number of aromatic nitrogens is 4. The van der Waals surface area contributed by atoms with Crippen molar-refractivity contribution in [2.75, 3.05) is 38.2 Å². The van der Waals surface area contributed by atoms with Gasteiger partial charge in [-0.1, -0.05) is 24.0 Å². The van der Waals surface area contributed by atoms with Crippen LogP contribution >= 0.6 is 0 Å². The van der Waals surface area contributed by atoms with Crippen molar-refractivity contribution in [1.82, 2.24) is 30.0 Å². The van der Waals surface area contributed by atoms with Crippen LogP contribution in [0.4, 0.5) is 15.9 Å². The molecule has 2 aliphatic rings. The summed E-state index contributed by atoms with van der Waals surface area (Å²) < 4.78 is 21.0. The van der Waals surface area contributed by atoms with Crippen LogP contribution in [0.1, 0.15) is 12.0 Å². The molecule has 1 atom stereocenters. The number of guanidine groups is 1. The number of ether oxygens (including phenoxy) is 1. The average Bonchev–Trinajstić information content (AvgIpc) is 3.41. The fourth-order valence-corrected chi connectivity index (χ4v) is 4.94. The maximum Gasteiger partial charge on any atom is 0.208 e. The van der Waals surface area contributed by atoms with E-state index in [9.17, 15) is 4.39 Å². The number of fused-ring (bicyclic) bond motifs is 2. The third-order valence-corrected chi connectivity index (χ3v) is 6.98. The zero-order chi connectivity index (χ0) is 28.7.